The van der Waals surface area contributed by atoms with Crippen molar-refractivity contribution in [3.8, 4) is 0 Å². The predicted molar refractivity (Wildman–Crippen MR) is 122 cm³/mol. The number of aryl methyl sites for hydroxylation is 1. The van der Waals surface area contributed by atoms with Crippen LogP contribution in [0.15, 0.2) is 18.2 Å². The van der Waals surface area contributed by atoms with Gasteiger partial charge in [-0.1, -0.05) is 40.6 Å². The first-order valence-electron chi connectivity index (χ1n) is 9.77. The molecule has 1 fully saturated rings. The van der Waals surface area contributed by atoms with E-state index in [0.29, 0.717) is 46.1 Å². The highest BCUT2D eigenvalue weighted by Crippen LogP contribution is 2.36. The second kappa shape index (κ2) is 8.78. The lowest BCUT2D eigenvalue weighted by atomic mass is 9.88. The molecule has 2 N–H and O–H groups in total. The normalized spacial score (nSPS) is 19.2. The molecule has 2 unspecified atom stereocenters. The number of aromatic nitrogens is 2. The van der Waals surface area contributed by atoms with E-state index >= 15 is 0 Å². The van der Waals surface area contributed by atoms with Gasteiger partial charge in [-0.25, -0.2) is 9.78 Å². The zero-order valence-corrected chi connectivity index (χ0v) is 19.3. The van der Waals surface area contributed by atoms with E-state index in [1.54, 1.807) is 26.2 Å². The first-order valence-corrected chi connectivity index (χ1v) is 11.3. The Morgan fingerprint density at radius 2 is 2.13 bits per heavy atom. The molecule has 1 aliphatic rings. The molecule has 3 aromatic rings. The molecule has 0 bridgehead atoms. The van der Waals surface area contributed by atoms with Crippen molar-refractivity contribution < 1.29 is 19.4 Å². The summed E-state index contributed by atoms with van der Waals surface area (Å²) >= 11 is 13.7. The number of benzene rings is 1. The van der Waals surface area contributed by atoms with Crippen LogP contribution in [0.4, 0.5) is 5.13 Å². The van der Waals surface area contributed by atoms with Gasteiger partial charge in [-0.2, -0.15) is 0 Å². The van der Waals surface area contributed by atoms with E-state index in [1.165, 1.54) is 11.3 Å². The van der Waals surface area contributed by atoms with Gasteiger partial charge in [-0.15, -0.1) is 0 Å². The van der Waals surface area contributed by atoms with Crippen LogP contribution in [0.5, 0.6) is 0 Å². The monoisotopic (exact) mass is 481 g/mol. The number of halogens is 2. The molecule has 0 saturated carbocycles. The molecule has 1 aromatic carbocycles. The topological polar surface area (TPSA) is 95.5 Å². The largest absolute Gasteiger partial charge is 0.478 e. The Balaban J connectivity index is 1.50. The second-order valence-corrected chi connectivity index (χ2v) is 9.34. The van der Waals surface area contributed by atoms with Gasteiger partial charge in [-0.3, -0.25) is 4.79 Å². The van der Waals surface area contributed by atoms with E-state index in [0.717, 1.165) is 11.6 Å². The summed E-state index contributed by atoms with van der Waals surface area (Å²) in [4.78, 5) is 34.0. The number of H-pyrrole nitrogens is 1. The van der Waals surface area contributed by atoms with Gasteiger partial charge >= 0.3 is 5.97 Å². The number of carbonyl (C=O) groups is 2. The number of nitrogens with zero attached hydrogens (tertiary/aromatic N) is 2. The van der Waals surface area contributed by atoms with Gasteiger partial charge in [0.15, 0.2) is 10.9 Å². The van der Waals surface area contributed by atoms with E-state index in [9.17, 15) is 14.7 Å². The fourth-order valence-corrected chi connectivity index (χ4v) is 5.53. The zero-order valence-electron chi connectivity index (χ0n) is 16.9. The average Bonchev–Trinajstić information content (AvgIpc) is 3.30. The van der Waals surface area contributed by atoms with Crippen LogP contribution in [0.25, 0.3) is 10.2 Å². The van der Waals surface area contributed by atoms with E-state index in [2.05, 4.69) is 14.9 Å². The number of nitrogens with one attached hydrogen (secondary N) is 1. The number of carboxylic acid groups (broad SMARTS) is 1. The maximum atomic E-state index is 12.8. The highest BCUT2D eigenvalue weighted by molar-refractivity contribution is 7.22. The summed E-state index contributed by atoms with van der Waals surface area (Å²) < 4.78 is 6.36. The number of hydrogen-bond acceptors (Lipinski definition) is 6. The maximum absolute atomic E-state index is 12.8. The van der Waals surface area contributed by atoms with Gasteiger partial charge < -0.3 is 19.7 Å². The summed E-state index contributed by atoms with van der Waals surface area (Å²) in [6.45, 7) is 3.03. The minimum atomic E-state index is -0.967. The molecule has 10 heteroatoms. The van der Waals surface area contributed by atoms with Gasteiger partial charge in [0.25, 0.3) is 0 Å². The van der Waals surface area contributed by atoms with Crippen LogP contribution in [0.1, 0.15) is 39.4 Å². The number of carbonyl (C=O) groups excluding carboxylic acids is 1. The predicted octanol–water partition coefficient (Wildman–Crippen LogP) is 5.05. The lowest BCUT2D eigenvalue weighted by molar-refractivity contribution is 0.0375. The number of thiazole rings is 1. The fourth-order valence-electron chi connectivity index (χ4n) is 3.98. The molecule has 0 amide bonds. The summed E-state index contributed by atoms with van der Waals surface area (Å²) in [7, 11) is 1.63. The molecular weight excluding hydrogens is 461 g/mol. The number of ketones is 1. The first kappa shape index (κ1) is 22.1. The Kier molecular flexibility index (Phi) is 6.25. The molecule has 31 heavy (non-hydrogen) atoms. The van der Waals surface area contributed by atoms with Crippen LogP contribution >= 0.6 is 34.5 Å². The summed E-state index contributed by atoms with van der Waals surface area (Å²) in [5, 5.41) is 10.8. The summed E-state index contributed by atoms with van der Waals surface area (Å²) in [6.07, 6.45) is 0.858. The first-order chi connectivity index (χ1) is 14.8. The Morgan fingerprint density at radius 1 is 1.35 bits per heavy atom. The Hall–Kier alpha value is -2.13. The quantitative estimate of drug-likeness (QED) is 0.478. The van der Waals surface area contributed by atoms with Crippen molar-refractivity contribution in [2.24, 2.45) is 5.92 Å². The summed E-state index contributed by atoms with van der Waals surface area (Å²) in [5.74, 6) is -1.03. The SMILES string of the molecule is COC1CN(c2nc3cccc(C(=O)O)c3s2)CCC1CC(=O)c1[nH]c(C)c(Cl)c1Cl. The number of fused-ring (bicyclic) bond motifs is 1. The molecule has 0 aliphatic carbocycles. The smallest absolute Gasteiger partial charge is 0.337 e. The van der Waals surface area contributed by atoms with Gasteiger partial charge in [0.05, 0.1) is 31.9 Å². The summed E-state index contributed by atoms with van der Waals surface area (Å²) in [5.41, 5.74) is 1.93. The third-order valence-corrected chi connectivity index (χ3v) is 7.80. The lowest BCUT2D eigenvalue weighted by Crippen LogP contribution is -2.45. The van der Waals surface area contributed by atoms with Crippen LogP contribution in [0.3, 0.4) is 0 Å². The molecule has 1 aliphatic heterocycles. The number of ether oxygens (including phenoxy) is 1. The number of aromatic amines is 1. The molecule has 0 spiro atoms. The number of Topliss-reactive ketones (excluding diaryl/α,β-unsaturated/α-hetero) is 1. The van der Waals surface area contributed by atoms with Crippen molar-refractivity contribution in [2.75, 3.05) is 25.1 Å². The number of carboxylic acids is 1. The van der Waals surface area contributed by atoms with Crippen molar-refractivity contribution in [2.45, 2.75) is 25.9 Å². The number of anilines is 1. The maximum Gasteiger partial charge on any atom is 0.337 e. The van der Waals surface area contributed by atoms with Crippen molar-refractivity contribution in [3.05, 3.63) is 45.2 Å². The Bertz CT molecular complexity index is 1160. The zero-order chi connectivity index (χ0) is 22.3. The molecule has 4 rings (SSSR count). The van der Waals surface area contributed by atoms with Crippen LogP contribution in [0.2, 0.25) is 10.0 Å². The second-order valence-electron chi connectivity index (χ2n) is 7.60. The molecule has 3 heterocycles. The van der Waals surface area contributed by atoms with E-state index in [-0.39, 0.29) is 28.4 Å². The van der Waals surface area contributed by atoms with Crippen molar-refractivity contribution in [3.63, 3.8) is 0 Å². The number of piperidine rings is 1. The molecule has 164 valence electrons. The molecular formula is C21H21Cl2N3O4S. The minimum Gasteiger partial charge on any atom is -0.478 e. The average molecular weight is 482 g/mol. The number of rotatable bonds is 6. The highest BCUT2D eigenvalue weighted by Gasteiger charge is 2.33. The highest BCUT2D eigenvalue weighted by atomic mass is 35.5. The summed E-state index contributed by atoms with van der Waals surface area (Å²) in [6, 6.07) is 5.10. The third kappa shape index (κ3) is 4.17. The third-order valence-electron chi connectivity index (χ3n) is 5.68. The molecule has 2 aromatic heterocycles. The van der Waals surface area contributed by atoms with Crippen molar-refractivity contribution in [1.29, 1.82) is 0 Å². The van der Waals surface area contributed by atoms with Crippen molar-refractivity contribution in [1.82, 2.24) is 9.97 Å². The van der Waals surface area contributed by atoms with E-state index in [1.807, 2.05) is 6.07 Å². The number of methoxy groups -OCH3 is 1. The molecule has 0 radical (unpaired) electrons. The van der Waals surface area contributed by atoms with Crippen LogP contribution < -0.4 is 4.90 Å². The van der Waals surface area contributed by atoms with Crippen LogP contribution in [-0.4, -0.2) is 53.1 Å². The van der Waals surface area contributed by atoms with E-state index in [4.69, 9.17) is 27.9 Å². The minimum absolute atomic E-state index is 0.0242. The number of hydrogen-bond donors (Lipinski definition) is 2. The molecule has 1 saturated heterocycles. The fraction of sp³-hybridized carbons (Fsp3) is 0.381. The standard InChI is InChI=1S/C21H21Cl2N3O4S/c1-10-16(22)17(23)18(24-10)14(27)8-11-6-7-26(9-15(11)30-2)21-25-13-5-3-4-12(20(28)29)19(13)31-21/h3-5,11,15,24H,6-9H2,1-2H3,(H,28,29). The molecule has 2 atom stereocenters. The van der Waals surface area contributed by atoms with Gasteiger partial charge in [0.1, 0.15) is 5.69 Å². The Morgan fingerprint density at radius 3 is 2.77 bits per heavy atom. The van der Waals surface area contributed by atoms with Crippen LogP contribution in [-0.2, 0) is 4.74 Å². The van der Waals surface area contributed by atoms with Crippen LogP contribution in [0, 0.1) is 12.8 Å². The molecule has 7 nitrogen and oxygen atoms in total. The van der Waals surface area contributed by atoms with Gasteiger partial charge in [-0.05, 0) is 31.4 Å². The lowest BCUT2D eigenvalue weighted by Gasteiger charge is -2.37. The van der Waals surface area contributed by atoms with Gasteiger partial charge in [0.2, 0.25) is 0 Å². The van der Waals surface area contributed by atoms with Gasteiger partial charge in [0, 0.05) is 32.3 Å². The Labute approximate surface area is 192 Å². The number of aromatic carboxylic acids is 1. The van der Waals surface area contributed by atoms with E-state index < -0.39 is 5.97 Å². The van der Waals surface area contributed by atoms with Crippen molar-refractivity contribution >= 4 is 61.6 Å².